The van der Waals surface area contributed by atoms with E-state index in [-0.39, 0.29) is 5.75 Å². The van der Waals surface area contributed by atoms with Gasteiger partial charge >= 0.3 is 0 Å². The Morgan fingerprint density at radius 1 is 1.03 bits per heavy atom. The molecule has 0 aliphatic rings. The lowest BCUT2D eigenvalue weighted by Crippen LogP contribution is -1.99. The predicted molar refractivity (Wildman–Crippen MR) is 116 cm³/mol. The molecule has 0 bridgehead atoms. The summed E-state index contributed by atoms with van der Waals surface area (Å²) in [6.07, 6.45) is 5.37. The van der Waals surface area contributed by atoms with E-state index in [1.165, 1.54) is 0 Å². The fourth-order valence-electron chi connectivity index (χ4n) is 3.35. The van der Waals surface area contributed by atoms with Crippen LogP contribution in [0.5, 0.6) is 11.5 Å². The summed E-state index contributed by atoms with van der Waals surface area (Å²) in [6, 6.07) is 14.5. The van der Waals surface area contributed by atoms with Crippen molar-refractivity contribution in [3.05, 3.63) is 72.9 Å². The summed E-state index contributed by atoms with van der Waals surface area (Å²) in [5, 5.41) is 17.3. The number of hydrogen-bond acceptors (Lipinski definition) is 7. The smallest absolute Gasteiger partial charge is 0.254 e. The number of phenols is 1. The Hall–Kier alpha value is -4.40. The molecule has 5 aromatic rings. The Kier molecular flexibility index (Phi) is 4.47. The number of aromatic hydroxyl groups is 1. The third-order valence-electron chi connectivity index (χ3n) is 4.83. The van der Waals surface area contributed by atoms with Crippen molar-refractivity contribution >= 4 is 17.4 Å². The van der Waals surface area contributed by atoms with Crippen LogP contribution in [0.15, 0.2) is 67.3 Å². The van der Waals surface area contributed by atoms with Gasteiger partial charge in [-0.3, -0.25) is 0 Å². The molecule has 0 aliphatic heterocycles. The molecule has 5 rings (SSSR count). The number of aromatic nitrogens is 6. The van der Waals surface area contributed by atoms with Gasteiger partial charge in [0.25, 0.3) is 5.78 Å². The van der Waals surface area contributed by atoms with E-state index in [0.29, 0.717) is 17.5 Å². The van der Waals surface area contributed by atoms with Gasteiger partial charge in [0.15, 0.2) is 0 Å². The molecule has 0 aliphatic carbocycles. The second kappa shape index (κ2) is 7.45. The van der Waals surface area contributed by atoms with E-state index in [4.69, 9.17) is 4.74 Å². The van der Waals surface area contributed by atoms with E-state index in [9.17, 15) is 5.11 Å². The van der Waals surface area contributed by atoms with Crippen molar-refractivity contribution in [1.82, 2.24) is 29.1 Å². The van der Waals surface area contributed by atoms with Gasteiger partial charge in [0.1, 0.15) is 11.5 Å². The second-order valence-electron chi connectivity index (χ2n) is 6.96. The number of benzene rings is 2. The van der Waals surface area contributed by atoms with Gasteiger partial charge in [-0.25, -0.2) is 9.97 Å². The maximum atomic E-state index is 9.55. The molecule has 2 aromatic carbocycles. The van der Waals surface area contributed by atoms with E-state index in [0.717, 1.165) is 28.3 Å². The number of fused-ring (bicyclic) bond motifs is 1. The number of imidazole rings is 1. The van der Waals surface area contributed by atoms with E-state index in [1.807, 2.05) is 54.1 Å². The van der Waals surface area contributed by atoms with Crippen LogP contribution < -0.4 is 10.1 Å². The first kappa shape index (κ1) is 18.6. The van der Waals surface area contributed by atoms with E-state index >= 15 is 0 Å². The summed E-state index contributed by atoms with van der Waals surface area (Å²) in [7, 11) is 1.63. The van der Waals surface area contributed by atoms with Crippen LogP contribution in [0.4, 0.5) is 11.6 Å². The third kappa shape index (κ3) is 3.52. The Morgan fingerprint density at radius 3 is 2.61 bits per heavy atom. The van der Waals surface area contributed by atoms with Gasteiger partial charge in [-0.05, 0) is 49.4 Å². The highest BCUT2D eigenvalue weighted by atomic mass is 16.5. The van der Waals surface area contributed by atoms with Gasteiger partial charge < -0.3 is 19.7 Å². The fourth-order valence-corrected chi connectivity index (χ4v) is 3.35. The second-order valence-corrected chi connectivity index (χ2v) is 6.96. The van der Waals surface area contributed by atoms with E-state index in [1.54, 1.807) is 36.3 Å². The van der Waals surface area contributed by atoms with Crippen molar-refractivity contribution in [3.8, 4) is 28.4 Å². The van der Waals surface area contributed by atoms with Crippen LogP contribution in [0, 0.1) is 6.92 Å². The number of aryl methyl sites for hydroxylation is 1. The molecule has 0 unspecified atom stereocenters. The quantitative estimate of drug-likeness (QED) is 0.452. The van der Waals surface area contributed by atoms with Gasteiger partial charge in [-0.15, -0.1) is 5.10 Å². The number of nitrogens with zero attached hydrogens (tertiary/aromatic N) is 6. The largest absolute Gasteiger partial charge is 0.508 e. The van der Waals surface area contributed by atoms with Crippen molar-refractivity contribution in [2.45, 2.75) is 6.92 Å². The molecule has 0 amide bonds. The zero-order valence-corrected chi connectivity index (χ0v) is 16.9. The van der Waals surface area contributed by atoms with Crippen LogP contribution in [-0.4, -0.2) is 41.3 Å². The lowest BCUT2D eigenvalue weighted by Gasteiger charge is -2.11. The first-order chi connectivity index (χ1) is 15.1. The molecule has 154 valence electrons. The summed E-state index contributed by atoms with van der Waals surface area (Å²) in [5.74, 6) is 1.77. The number of ether oxygens (including phenoxy) is 1. The normalized spacial score (nSPS) is 11.0. The predicted octanol–water partition coefficient (Wildman–Crippen LogP) is 3.74. The highest BCUT2D eigenvalue weighted by Gasteiger charge is 2.12. The van der Waals surface area contributed by atoms with Crippen molar-refractivity contribution in [1.29, 1.82) is 0 Å². The average molecular weight is 413 g/mol. The molecule has 3 heterocycles. The summed E-state index contributed by atoms with van der Waals surface area (Å²) in [4.78, 5) is 13.0. The number of nitrogens with one attached hydrogen (secondary N) is 1. The zero-order valence-electron chi connectivity index (χ0n) is 16.9. The van der Waals surface area contributed by atoms with Crippen LogP contribution >= 0.6 is 0 Å². The molecular weight excluding hydrogens is 394 g/mol. The summed E-state index contributed by atoms with van der Waals surface area (Å²) in [6.45, 7) is 1.94. The van der Waals surface area contributed by atoms with Crippen molar-refractivity contribution in [2.75, 3.05) is 12.4 Å². The summed E-state index contributed by atoms with van der Waals surface area (Å²) < 4.78 is 9.14. The van der Waals surface area contributed by atoms with Gasteiger partial charge in [0.05, 0.1) is 30.5 Å². The minimum absolute atomic E-state index is 0.207. The van der Waals surface area contributed by atoms with Gasteiger partial charge in [-0.1, -0.05) is 0 Å². The van der Waals surface area contributed by atoms with E-state index in [2.05, 4.69) is 25.4 Å². The maximum absolute atomic E-state index is 9.55. The van der Waals surface area contributed by atoms with Crippen molar-refractivity contribution in [2.24, 2.45) is 0 Å². The molecule has 31 heavy (non-hydrogen) atoms. The molecule has 0 saturated carbocycles. The minimum atomic E-state index is 0.207. The lowest BCUT2D eigenvalue weighted by molar-refractivity contribution is 0.413. The number of rotatable bonds is 5. The molecule has 3 aromatic heterocycles. The molecule has 0 saturated heterocycles. The van der Waals surface area contributed by atoms with Crippen molar-refractivity contribution < 1.29 is 9.84 Å². The molecular formula is C22H19N7O2. The maximum Gasteiger partial charge on any atom is 0.254 e. The Bertz CT molecular complexity index is 1370. The molecule has 0 radical (unpaired) electrons. The zero-order chi connectivity index (χ0) is 21.4. The first-order valence-electron chi connectivity index (χ1n) is 9.58. The standard InChI is InChI=1S/C22H19N7O2/c1-14-12-28(13-24-14)19-8-5-16(11-20(19)31-2)25-21-26-22-23-10-9-18(29(22)27-21)15-3-6-17(30)7-4-15/h3-13,30H,1-2H3,(H,25,27). The number of phenolic OH excluding ortho intramolecular Hbond substituents is 1. The van der Waals surface area contributed by atoms with Gasteiger partial charge in [0, 0.05) is 29.7 Å². The number of methoxy groups -OCH3 is 1. The highest BCUT2D eigenvalue weighted by molar-refractivity contribution is 5.65. The van der Waals surface area contributed by atoms with Crippen LogP contribution in [0.25, 0.3) is 22.7 Å². The van der Waals surface area contributed by atoms with Gasteiger partial charge in [0.2, 0.25) is 5.95 Å². The highest BCUT2D eigenvalue weighted by Crippen LogP contribution is 2.28. The number of hydrogen-bond donors (Lipinski definition) is 2. The van der Waals surface area contributed by atoms with Crippen LogP contribution in [0.2, 0.25) is 0 Å². The molecule has 9 heteroatoms. The molecule has 0 atom stereocenters. The van der Waals surface area contributed by atoms with Crippen LogP contribution in [-0.2, 0) is 0 Å². The topological polar surface area (TPSA) is 102 Å². The summed E-state index contributed by atoms with van der Waals surface area (Å²) in [5.41, 5.74) is 4.29. The molecule has 9 nitrogen and oxygen atoms in total. The third-order valence-corrected chi connectivity index (χ3v) is 4.83. The SMILES string of the molecule is COc1cc(Nc2nc3nccc(-c4ccc(O)cc4)n3n2)ccc1-n1cnc(C)c1. The van der Waals surface area contributed by atoms with Crippen molar-refractivity contribution in [3.63, 3.8) is 0 Å². The number of anilines is 2. The molecule has 2 N–H and O–H groups in total. The van der Waals surface area contributed by atoms with Crippen LogP contribution in [0.3, 0.4) is 0 Å². The average Bonchev–Trinajstić information content (AvgIpc) is 3.39. The summed E-state index contributed by atoms with van der Waals surface area (Å²) >= 11 is 0. The Balaban J connectivity index is 1.48. The molecule has 0 spiro atoms. The minimum Gasteiger partial charge on any atom is -0.508 e. The fraction of sp³-hybridized carbons (Fsp3) is 0.0909. The van der Waals surface area contributed by atoms with Crippen LogP contribution in [0.1, 0.15) is 5.69 Å². The Morgan fingerprint density at radius 2 is 1.87 bits per heavy atom. The van der Waals surface area contributed by atoms with E-state index < -0.39 is 0 Å². The monoisotopic (exact) mass is 413 g/mol. The molecule has 0 fully saturated rings. The van der Waals surface area contributed by atoms with Gasteiger partial charge in [-0.2, -0.15) is 9.50 Å². The first-order valence-corrected chi connectivity index (χ1v) is 9.58. The lowest BCUT2D eigenvalue weighted by atomic mass is 10.1. The Labute approximate surface area is 177 Å².